The molecule has 1 N–H and O–H groups in total. The van der Waals surface area contributed by atoms with E-state index in [1.165, 1.54) is 5.56 Å². The fraction of sp³-hybridized carbons (Fsp3) is 0.333. The predicted molar refractivity (Wildman–Crippen MR) is 87.2 cm³/mol. The van der Waals surface area contributed by atoms with Gasteiger partial charge in [-0.3, -0.25) is 0 Å². The molecular weight excluding hydrogens is 349 g/mol. The Morgan fingerprint density at radius 1 is 1.21 bits per heavy atom. The van der Waals surface area contributed by atoms with Gasteiger partial charge in [0.15, 0.2) is 0 Å². The van der Waals surface area contributed by atoms with Crippen molar-refractivity contribution in [1.29, 1.82) is 0 Å². The molecule has 0 radical (unpaired) electrons. The van der Waals surface area contributed by atoms with Crippen LogP contribution in [-0.2, 0) is 6.42 Å². The second kappa shape index (κ2) is 6.32. The molecule has 0 atom stereocenters. The van der Waals surface area contributed by atoms with Crippen LogP contribution in [0.5, 0.6) is 0 Å². The van der Waals surface area contributed by atoms with Gasteiger partial charge in [0.05, 0.1) is 3.57 Å². The molecule has 1 heterocycles. The standard InChI is InChI=1S/C15H18IN3/c1-15(2,9-8-12-6-4-3-5-7-12)19-14-13(16)10-17-11-18-14/h3-7,10-11H,8-9H2,1-2H3,(H,17,18,19). The fourth-order valence-electron chi connectivity index (χ4n) is 1.89. The zero-order chi connectivity index (χ0) is 13.7. The molecule has 2 aromatic rings. The highest BCUT2D eigenvalue weighted by atomic mass is 127. The Morgan fingerprint density at radius 2 is 1.95 bits per heavy atom. The number of anilines is 1. The highest BCUT2D eigenvalue weighted by Gasteiger charge is 2.19. The summed E-state index contributed by atoms with van der Waals surface area (Å²) in [4.78, 5) is 8.30. The van der Waals surface area contributed by atoms with Gasteiger partial charge in [-0.15, -0.1) is 0 Å². The number of halogens is 1. The van der Waals surface area contributed by atoms with Crippen molar-refractivity contribution in [2.45, 2.75) is 32.2 Å². The fourth-order valence-corrected chi connectivity index (χ4v) is 2.32. The van der Waals surface area contributed by atoms with Gasteiger partial charge in [-0.25, -0.2) is 9.97 Å². The van der Waals surface area contributed by atoms with Crippen molar-refractivity contribution in [3.63, 3.8) is 0 Å². The molecule has 0 fully saturated rings. The van der Waals surface area contributed by atoms with Gasteiger partial charge in [0.25, 0.3) is 0 Å². The second-order valence-electron chi connectivity index (χ2n) is 5.21. The van der Waals surface area contributed by atoms with Crippen molar-refractivity contribution in [2.75, 3.05) is 5.32 Å². The summed E-state index contributed by atoms with van der Waals surface area (Å²) in [5.74, 6) is 0.911. The molecule has 0 aliphatic rings. The van der Waals surface area contributed by atoms with E-state index < -0.39 is 0 Å². The highest BCUT2D eigenvalue weighted by Crippen LogP contribution is 2.21. The maximum absolute atomic E-state index is 4.29. The summed E-state index contributed by atoms with van der Waals surface area (Å²) in [7, 11) is 0. The summed E-state index contributed by atoms with van der Waals surface area (Å²) in [5.41, 5.74) is 1.37. The average Bonchev–Trinajstić information content (AvgIpc) is 2.40. The SMILES string of the molecule is CC(C)(CCc1ccccc1)Nc1ncncc1I. The summed E-state index contributed by atoms with van der Waals surface area (Å²) in [6, 6.07) is 10.6. The Labute approximate surface area is 128 Å². The molecule has 2 rings (SSSR count). The number of hydrogen-bond donors (Lipinski definition) is 1. The molecule has 1 aromatic heterocycles. The molecule has 100 valence electrons. The molecule has 0 unspecified atom stereocenters. The minimum absolute atomic E-state index is 0.00408. The molecule has 0 aliphatic carbocycles. The van der Waals surface area contributed by atoms with E-state index in [-0.39, 0.29) is 5.54 Å². The van der Waals surface area contributed by atoms with Crippen molar-refractivity contribution >= 4 is 28.4 Å². The van der Waals surface area contributed by atoms with Gasteiger partial charge in [0.2, 0.25) is 0 Å². The van der Waals surface area contributed by atoms with E-state index in [0.29, 0.717) is 0 Å². The zero-order valence-corrected chi connectivity index (χ0v) is 13.4. The van der Waals surface area contributed by atoms with E-state index in [9.17, 15) is 0 Å². The van der Waals surface area contributed by atoms with Crippen molar-refractivity contribution in [2.24, 2.45) is 0 Å². The third-order valence-electron chi connectivity index (χ3n) is 3.01. The third kappa shape index (κ3) is 4.45. The van der Waals surface area contributed by atoms with E-state index in [0.717, 1.165) is 22.2 Å². The first-order valence-electron chi connectivity index (χ1n) is 6.34. The third-order valence-corrected chi connectivity index (χ3v) is 3.80. The number of nitrogens with one attached hydrogen (secondary N) is 1. The van der Waals surface area contributed by atoms with Crippen LogP contribution in [0.25, 0.3) is 0 Å². The summed E-state index contributed by atoms with van der Waals surface area (Å²) in [5, 5.41) is 3.50. The van der Waals surface area contributed by atoms with Crippen LogP contribution >= 0.6 is 22.6 Å². The molecule has 0 saturated heterocycles. The second-order valence-corrected chi connectivity index (χ2v) is 6.38. The van der Waals surface area contributed by atoms with Crippen LogP contribution in [0.2, 0.25) is 0 Å². The van der Waals surface area contributed by atoms with E-state index in [4.69, 9.17) is 0 Å². The van der Waals surface area contributed by atoms with E-state index in [2.05, 4.69) is 82.1 Å². The number of benzene rings is 1. The Hall–Kier alpha value is -1.17. The van der Waals surface area contributed by atoms with Crippen molar-refractivity contribution in [3.8, 4) is 0 Å². The largest absolute Gasteiger partial charge is 0.364 e. The smallest absolute Gasteiger partial charge is 0.143 e. The van der Waals surface area contributed by atoms with Crippen LogP contribution in [0.4, 0.5) is 5.82 Å². The molecule has 19 heavy (non-hydrogen) atoms. The first kappa shape index (κ1) is 14.2. The Bertz CT molecular complexity index is 526. The molecule has 0 spiro atoms. The first-order valence-corrected chi connectivity index (χ1v) is 7.42. The van der Waals surface area contributed by atoms with Crippen molar-refractivity contribution in [1.82, 2.24) is 9.97 Å². The van der Waals surface area contributed by atoms with Crippen LogP contribution in [-0.4, -0.2) is 15.5 Å². The van der Waals surface area contributed by atoms with Gasteiger partial charge in [0, 0.05) is 11.7 Å². The number of rotatable bonds is 5. The van der Waals surface area contributed by atoms with Gasteiger partial charge in [-0.2, -0.15) is 0 Å². The van der Waals surface area contributed by atoms with Gasteiger partial charge in [0.1, 0.15) is 12.1 Å². The van der Waals surface area contributed by atoms with Crippen LogP contribution in [0.1, 0.15) is 25.8 Å². The average molecular weight is 367 g/mol. The van der Waals surface area contributed by atoms with E-state index >= 15 is 0 Å². The van der Waals surface area contributed by atoms with Crippen LogP contribution in [0.15, 0.2) is 42.9 Å². The molecule has 0 saturated carbocycles. The molecule has 1 aromatic carbocycles. The van der Waals surface area contributed by atoms with E-state index in [1.807, 2.05) is 6.20 Å². The molecule has 0 bridgehead atoms. The minimum Gasteiger partial charge on any atom is -0.364 e. The molecule has 3 nitrogen and oxygen atoms in total. The number of aryl methyl sites for hydroxylation is 1. The van der Waals surface area contributed by atoms with Crippen molar-refractivity contribution in [3.05, 3.63) is 52.0 Å². The van der Waals surface area contributed by atoms with Crippen LogP contribution in [0, 0.1) is 3.57 Å². The van der Waals surface area contributed by atoms with Crippen LogP contribution in [0.3, 0.4) is 0 Å². The van der Waals surface area contributed by atoms with Crippen LogP contribution < -0.4 is 5.32 Å². The topological polar surface area (TPSA) is 37.8 Å². The summed E-state index contributed by atoms with van der Waals surface area (Å²) >= 11 is 2.25. The predicted octanol–water partition coefficient (Wildman–Crippen LogP) is 3.90. The van der Waals surface area contributed by atoms with Gasteiger partial charge in [-0.1, -0.05) is 30.3 Å². The quantitative estimate of drug-likeness (QED) is 0.815. The number of hydrogen-bond acceptors (Lipinski definition) is 3. The molecule has 0 aliphatic heterocycles. The lowest BCUT2D eigenvalue weighted by atomic mass is 9.95. The Kier molecular flexibility index (Phi) is 4.74. The highest BCUT2D eigenvalue weighted by molar-refractivity contribution is 14.1. The van der Waals surface area contributed by atoms with E-state index in [1.54, 1.807) is 6.33 Å². The number of aromatic nitrogens is 2. The maximum Gasteiger partial charge on any atom is 0.143 e. The molecule has 4 heteroatoms. The molecule has 0 amide bonds. The Morgan fingerprint density at radius 3 is 2.63 bits per heavy atom. The lowest BCUT2D eigenvalue weighted by molar-refractivity contribution is 0.516. The monoisotopic (exact) mass is 367 g/mol. The molecular formula is C15H18IN3. The summed E-state index contributed by atoms with van der Waals surface area (Å²) in [6.07, 6.45) is 5.51. The zero-order valence-electron chi connectivity index (χ0n) is 11.2. The Balaban J connectivity index is 1.97. The lowest BCUT2D eigenvalue weighted by Crippen LogP contribution is -2.32. The lowest BCUT2D eigenvalue weighted by Gasteiger charge is -2.27. The van der Waals surface area contributed by atoms with Gasteiger partial charge < -0.3 is 5.32 Å². The maximum atomic E-state index is 4.29. The van der Waals surface area contributed by atoms with Gasteiger partial charge >= 0.3 is 0 Å². The minimum atomic E-state index is 0.00408. The summed E-state index contributed by atoms with van der Waals surface area (Å²) < 4.78 is 1.05. The first-order chi connectivity index (χ1) is 9.07. The van der Waals surface area contributed by atoms with Gasteiger partial charge in [-0.05, 0) is 54.8 Å². The van der Waals surface area contributed by atoms with Crippen molar-refractivity contribution < 1.29 is 0 Å². The number of nitrogens with zero attached hydrogens (tertiary/aromatic N) is 2. The summed E-state index contributed by atoms with van der Waals surface area (Å²) in [6.45, 7) is 4.41. The normalized spacial score (nSPS) is 11.3.